The van der Waals surface area contributed by atoms with Gasteiger partial charge in [-0.2, -0.15) is 0 Å². The van der Waals surface area contributed by atoms with E-state index in [1.807, 2.05) is 55.5 Å². The molecule has 0 atom stereocenters. The third-order valence-corrected chi connectivity index (χ3v) is 10.1. The molecule has 0 bridgehead atoms. The molecule has 0 saturated carbocycles. The van der Waals surface area contributed by atoms with Crippen molar-refractivity contribution in [2.75, 3.05) is 0 Å². The minimum Gasteiger partial charge on any atom is -0.654 e. The molecule has 0 radical (unpaired) electrons. The van der Waals surface area contributed by atoms with E-state index in [4.69, 9.17) is 0 Å². The number of aromatic nitrogens is 1. The Morgan fingerprint density at radius 2 is 0.985 bits per heavy atom. The summed E-state index contributed by atoms with van der Waals surface area (Å²) in [6.07, 6.45) is 8.62. The molecule has 0 unspecified atom stereocenters. The Balaban J connectivity index is 0.000000244. The Bertz CT molecular complexity index is 3180. The largest absolute Gasteiger partial charge is 2.00 e. The van der Waals surface area contributed by atoms with Gasteiger partial charge in [-0.1, -0.05) is 97.1 Å². The average molecular weight is 921 g/mol. The van der Waals surface area contributed by atoms with E-state index in [0.29, 0.717) is 50.3 Å². The zero-order valence-electron chi connectivity index (χ0n) is 35.7. The minimum absolute atomic E-state index is 0. The van der Waals surface area contributed by atoms with Crippen LogP contribution in [0.5, 0.6) is 0 Å². The summed E-state index contributed by atoms with van der Waals surface area (Å²) in [5.41, 5.74) is 6.05. The van der Waals surface area contributed by atoms with Crippen LogP contribution in [0.4, 0.5) is 39.8 Å². The number of benzene rings is 6. The van der Waals surface area contributed by atoms with Gasteiger partial charge in [0.2, 0.25) is 0 Å². The Morgan fingerprint density at radius 3 is 1.48 bits per heavy atom. The van der Waals surface area contributed by atoms with E-state index in [2.05, 4.69) is 50.7 Å². The second-order valence-corrected chi connectivity index (χ2v) is 14.2. The van der Waals surface area contributed by atoms with Crippen LogP contribution in [0, 0.1) is 6.92 Å². The number of carboxylic acid groups (broad SMARTS) is 4. The van der Waals surface area contributed by atoms with Crippen LogP contribution in [0.25, 0.3) is 55.6 Å². The topological polar surface area (TPSA) is 227 Å². The van der Waals surface area contributed by atoms with Crippen LogP contribution in [0.3, 0.4) is 0 Å². The predicted octanol–water partition coefficient (Wildman–Crippen LogP) is 13.6. The van der Waals surface area contributed by atoms with Gasteiger partial charge in [0.15, 0.2) is 0 Å². The molecule has 0 aliphatic heterocycles. The minimum atomic E-state index is -1.13. The van der Waals surface area contributed by atoms with Crippen LogP contribution in [0.1, 0.15) is 72.0 Å². The van der Waals surface area contributed by atoms with Gasteiger partial charge >= 0.3 is 40.9 Å². The Morgan fingerprint density at radius 1 is 0.545 bits per heavy atom. The zero-order valence-corrected chi connectivity index (χ0v) is 36.8. The van der Waals surface area contributed by atoms with E-state index in [1.54, 1.807) is 50.4 Å². The quantitative estimate of drug-likeness (QED) is 0.0461. The number of nitrogens with zero attached hydrogens (tertiary/aromatic N) is 6. The SMILES string of the molecule is C=Nc1c(/C=C\C)cc(C(=O)O)cc1[N-]c1cc(C(=O)O)cc(-c2ccccc2C)c1N=C.C=Nc1c(/C=C\C)cc(C(=O)O)cc1[N-]c1cc(C(=O)O)cc2c1ncc1ccccc12.[Fe+2]. The average Bonchev–Trinajstić information content (AvgIpc) is 3.29. The van der Waals surface area contributed by atoms with Gasteiger partial charge in [-0.25, -0.2) is 19.2 Å². The summed E-state index contributed by atoms with van der Waals surface area (Å²) >= 11 is 0. The molecule has 1 heterocycles. The second-order valence-electron chi connectivity index (χ2n) is 14.2. The van der Waals surface area contributed by atoms with Crippen molar-refractivity contribution in [1.29, 1.82) is 0 Å². The van der Waals surface area contributed by atoms with Gasteiger partial charge in [0.25, 0.3) is 0 Å². The molecule has 4 N–H and O–H groups in total. The third-order valence-electron chi connectivity index (χ3n) is 10.1. The summed E-state index contributed by atoms with van der Waals surface area (Å²) in [6.45, 7) is 16.4. The second kappa shape index (κ2) is 21.2. The van der Waals surface area contributed by atoms with Crippen LogP contribution in [-0.2, 0) is 17.1 Å². The Kier molecular flexibility index (Phi) is 15.6. The number of hydrogen-bond donors (Lipinski definition) is 4. The summed E-state index contributed by atoms with van der Waals surface area (Å²) in [5, 5.41) is 50.0. The molecule has 0 aliphatic rings. The molecule has 1 aromatic heterocycles. The first-order chi connectivity index (χ1) is 31.2. The number of allylic oxidation sites excluding steroid dienone is 2. The fourth-order valence-electron chi connectivity index (χ4n) is 7.15. The molecule has 15 heteroatoms. The molecule has 7 aromatic rings. The van der Waals surface area contributed by atoms with Crippen molar-refractivity contribution in [3.05, 3.63) is 165 Å². The van der Waals surface area contributed by atoms with E-state index in [-0.39, 0.29) is 56.4 Å². The summed E-state index contributed by atoms with van der Waals surface area (Å²) in [5.74, 6) is -4.48. The maximum atomic E-state index is 11.9. The van der Waals surface area contributed by atoms with Gasteiger partial charge in [0, 0.05) is 22.5 Å². The van der Waals surface area contributed by atoms with Crippen molar-refractivity contribution in [3.8, 4) is 11.1 Å². The van der Waals surface area contributed by atoms with E-state index in [1.165, 1.54) is 42.5 Å². The molecule has 0 saturated heterocycles. The van der Waals surface area contributed by atoms with E-state index in [0.717, 1.165) is 21.9 Å². The fraction of sp³-hybridized carbons (Fsp3) is 0.0588. The summed E-state index contributed by atoms with van der Waals surface area (Å²) in [4.78, 5) is 63.8. The van der Waals surface area contributed by atoms with Crippen molar-refractivity contribution in [3.63, 3.8) is 0 Å². The smallest absolute Gasteiger partial charge is 0.654 e. The monoisotopic (exact) mass is 920 g/mol. The van der Waals surface area contributed by atoms with Gasteiger partial charge in [-0.3, -0.25) is 20.0 Å². The maximum Gasteiger partial charge on any atom is 2.00 e. The van der Waals surface area contributed by atoms with E-state index >= 15 is 0 Å². The normalized spacial score (nSPS) is 10.8. The summed E-state index contributed by atoms with van der Waals surface area (Å²) < 4.78 is 0. The standard InChI is InChI=1S/C26H22N3O4.C25H18N3O4.Fe/c1-5-8-16-11-17(25(30)31)13-21(23(16)27-3)29-22-14-18(26(32)33)12-20(24(22)28-4)19-10-7-6-9-15(19)2;1-3-6-14-9-16(24(29)30)11-20(22(14)26-2)28-21-12-17(25(31)32)10-19-18-8-5-4-7-15(18)13-27-23(19)21;/h5-14H,3-4H2,1-2H3,(H,30,31)(H,32,33);3-13H,2H2,1H3,(H,29,30)(H,31,32);/q2*-1;+2/b8-5-;6-3-;. The first-order valence-corrected chi connectivity index (χ1v) is 19.7. The summed E-state index contributed by atoms with van der Waals surface area (Å²) in [6, 6.07) is 26.6. The number of aryl methyl sites for hydroxylation is 1. The molecule has 0 spiro atoms. The molecule has 6 aromatic carbocycles. The van der Waals surface area contributed by atoms with Crippen molar-refractivity contribution >= 4 is 118 Å². The molecule has 66 heavy (non-hydrogen) atoms. The van der Waals surface area contributed by atoms with Gasteiger partial charge < -0.3 is 31.1 Å². The molecule has 14 nitrogen and oxygen atoms in total. The number of rotatable bonds is 14. The molecule has 0 amide bonds. The predicted molar refractivity (Wildman–Crippen MR) is 259 cm³/mol. The molecular formula is C51H40FeN6O8. The number of hydrogen-bond acceptors (Lipinski definition) is 8. The van der Waals surface area contributed by atoms with Crippen LogP contribution < -0.4 is 0 Å². The van der Waals surface area contributed by atoms with Crippen LogP contribution in [-0.4, -0.2) is 69.4 Å². The number of aliphatic imine (C=N–C) groups is 3. The van der Waals surface area contributed by atoms with E-state index < -0.39 is 23.9 Å². The Hall–Kier alpha value is -8.52. The van der Waals surface area contributed by atoms with Crippen molar-refractivity contribution in [1.82, 2.24) is 4.98 Å². The fourth-order valence-corrected chi connectivity index (χ4v) is 7.15. The first-order valence-electron chi connectivity index (χ1n) is 19.7. The molecule has 7 rings (SSSR count). The summed E-state index contributed by atoms with van der Waals surface area (Å²) in [7, 11) is 0. The van der Waals surface area contributed by atoms with Crippen molar-refractivity contribution in [2.45, 2.75) is 20.8 Å². The number of carbonyl (C=O) groups is 4. The number of pyridine rings is 1. The van der Waals surface area contributed by atoms with Crippen molar-refractivity contribution < 1.29 is 56.7 Å². The third kappa shape index (κ3) is 10.3. The van der Waals surface area contributed by atoms with E-state index in [9.17, 15) is 39.6 Å². The van der Waals surface area contributed by atoms with Crippen LogP contribution in [0.15, 0.2) is 130 Å². The number of fused-ring (bicyclic) bond motifs is 3. The van der Waals surface area contributed by atoms with Gasteiger partial charge in [0.1, 0.15) is 0 Å². The Labute approximate surface area is 389 Å². The van der Waals surface area contributed by atoms with Crippen LogP contribution >= 0.6 is 0 Å². The van der Waals surface area contributed by atoms with Crippen LogP contribution in [0.2, 0.25) is 0 Å². The zero-order chi connectivity index (χ0) is 46.9. The maximum absolute atomic E-state index is 11.9. The van der Waals surface area contributed by atoms with Gasteiger partial charge in [-0.05, 0) is 92.8 Å². The molecular weight excluding hydrogens is 880 g/mol. The van der Waals surface area contributed by atoms with Crippen molar-refractivity contribution in [2.24, 2.45) is 15.0 Å². The molecule has 0 aliphatic carbocycles. The first kappa shape index (κ1) is 48.5. The molecule has 330 valence electrons. The number of carboxylic acids is 4. The van der Waals surface area contributed by atoms with Gasteiger partial charge in [0.05, 0.1) is 44.8 Å². The number of aromatic carboxylic acids is 4. The molecule has 0 fully saturated rings. The van der Waals surface area contributed by atoms with Gasteiger partial charge in [-0.15, -0.1) is 22.7 Å².